The molecular weight excluding hydrogens is 350 g/mol. The van der Waals surface area contributed by atoms with Crippen LogP contribution in [0, 0.1) is 0 Å². The van der Waals surface area contributed by atoms with Crippen molar-refractivity contribution in [2.24, 2.45) is 15.0 Å². The molecule has 2 aromatic carbocycles. The molecule has 0 atom stereocenters. The lowest BCUT2D eigenvalue weighted by molar-refractivity contribution is 0.363. The third-order valence-electron chi connectivity index (χ3n) is 3.96. The molecule has 0 amide bonds. The summed E-state index contributed by atoms with van der Waals surface area (Å²) >= 11 is 0. The normalized spacial score (nSPS) is 13.9. The van der Waals surface area contributed by atoms with Crippen LogP contribution in [0.1, 0.15) is 0 Å². The number of aliphatic imine (C=N–C) groups is 2. The molecule has 6 nitrogen and oxygen atoms in total. The number of benzene rings is 2. The molecule has 0 saturated carbocycles. The van der Waals surface area contributed by atoms with Gasteiger partial charge >= 0.3 is 0 Å². The van der Waals surface area contributed by atoms with Crippen LogP contribution in [0.25, 0.3) is 17.1 Å². The monoisotopic (exact) mass is 367 g/mol. The van der Waals surface area contributed by atoms with Gasteiger partial charge in [0.1, 0.15) is 18.7 Å². The van der Waals surface area contributed by atoms with Crippen molar-refractivity contribution in [3.63, 3.8) is 0 Å². The predicted molar refractivity (Wildman–Crippen MR) is 112 cm³/mol. The SMILES string of the molecule is C1=CCOc2ccc3ncnc(c3c2)N=c2ccccc2=CN=CC=CN=C1. The summed E-state index contributed by atoms with van der Waals surface area (Å²) in [5.74, 6) is 1.31. The number of hydrogen-bond acceptors (Lipinski definition) is 6. The molecule has 0 fully saturated rings. The lowest BCUT2D eigenvalue weighted by Crippen LogP contribution is -2.23. The zero-order valence-corrected chi connectivity index (χ0v) is 15.0. The maximum atomic E-state index is 5.79. The highest BCUT2D eigenvalue weighted by molar-refractivity contribution is 5.88. The van der Waals surface area contributed by atoms with Crippen LogP contribution < -0.4 is 15.3 Å². The van der Waals surface area contributed by atoms with Crippen molar-refractivity contribution < 1.29 is 4.74 Å². The van der Waals surface area contributed by atoms with Crippen LogP contribution >= 0.6 is 0 Å². The van der Waals surface area contributed by atoms with Gasteiger partial charge in [-0.3, -0.25) is 9.98 Å². The van der Waals surface area contributed by atoms with E-state index >= 15 is 0 Å². The Hall–Kier alpha value is -3.93. The fraction of sp³-hybridized carbons (Fsp3) is 0.0455. The average Bonchev–Trinajstić information content (AvgIpc) is 2.73. The van der Waals surface area contributed by atoms with Gasteiger partial charge in [-0.15, -0.1) is 0 Å². The molecule has 0 spiro atoms. The minimum atomic E-state index is 0.431. The van der Waals surface area contributed by atoms with Gasteiger partial charge in [-0.25, -0.2) is 15.0 Å². The lowest BCUT2D eigenvalue weighted by Gasteiger charge is -2.06. The van der Waals surface area contributed by atoms with Crippen LogP contribution in [-0.4, -0.2) is 29.0 Å². The van der Waals surface area contributed by atoms with Crippen LogP contribution in [0.3, 0.4) is 0 Å². The molecule has 1 aromatic heterocycles. The fourth-order valence-corrected chi connectivity index (χ4v) is 2.63. The van der Waals surface area contributed by atoms with Crippen LogP contribution in [0.15, 0.2) is 88.2 Å². The first-order valence-corrected chi connectivity index (χ1v) is 8.78. The predicted octanol–water partition coefficient (Wildman–Crippen LogP) is 2.92. The van der Waals surface area contributed by atoms with Gasteiger partial charge in [0.05, 0.1) is 10.9 Å². The molecule has 1 aliphatic heterocycles. The summed E-state index contributed by atoms with van der Waals surface area (Å²) in [5.41, 5.74) is 0.808. The summed E-state index contributed by atoms with van der Waals surface area (Å²) < 4.78 is 5.79. The third kappa shape index (κ3) is 4.24. The summed E-state index contributed by atoms with van der Waals surface area (Å²) in [6.45, 7) is 0.431. The zero-order valence-electron chi connectivity index (χ0n) is 15.0. The Morgan fingerprint density at radius 1 is 0.893 bits per heavy atom. The Morgan fingerprint density at radius 2 is 1.82 bits per heavy atom. The minimum Gasteiger partial charge on any atom is -0.490 e. The van der Waals surface area contributed by atoms with E-state index < -0.39 is 0 Å². The molecule has 2 bridgehead atoms. The van der Waals surface area contributed by atoms with Crippen molar-refractivity contribution in [1.82, 2.24) is 9.97 Å². The largest absolute Gasteiger partial charge is 0.490 e. The second kappa shape index (κ2) is 8.64. The van der Waals surface area contributed by atoms with E-state index in [2.05, 4.69) is 20.0 Å². The summed E-state index contributed by atoms with van der Waals surface area (Å²) in [4.78, 5) is 21.9. The minimum absolute atomic E-state index is 0.431. The number of aromatic nitrogens is 2. The van der Waals surface area contributed by atoms with E-state index in [0.29, 0.717) is 12.4 Å². The van der Waals surface area contributed by atoms with Gasteiger partial charge < -0.3 is 4.74 Å². The zero-order chi connectivity index (χ0) is 19.0. The first-order chi connectivity index (χ1) is 13.9. The molecule has 136 valence electrons. The highest BCUT2D eigenvalue weighted by Gasteiger charge is 2.04. The Kier molecular flexibility index (Phi) is 5.39. The van der Waals surface area contributed by atoms with Gasteiger partial charge in [0.15, 0.2) is 5.82 Å². The number of rotatable bonds is 0. The smallest absolute Gasteiger partial charge is 0.163 e. The molecule has 0 N–H and O–H groups in total. The summed E-state index contributed by atoms with van der Waals surface area (Å²) in [7, 11) is 0. The third-order valence-corrected chi connectivity index (χ3v) is 3.96. The summed E-state index contributed by atoms with van der Waals surface area (Å²) in [6, 6.07) is 13.5. The molecule has 6 heteroatoms. The van der Waals surface area contributed by atoms with E-state index in [1.165, 1.54) is 6.33 Å². The van der Waals surface area contributed by atoms with Crippen LogP contribution in [0.5, 0.6) is 5.75 Å². The molecule has 4 rings (SSSR count). The molecule has 0 unspecified atom stereocenters. The first kappa shape index (κ1) is 17.5. The van der Waals surface area contributed by atoms with Crippen molar-refractivity contribution in [3.05, 3.63) is 83.8 Å². The van der Waals surface area contributed by atoms with Crippen LogP contribution in [0.2, 0.25) is 0 Å². The Balaban J connectivity index is 1.91. The van der Waals surface area contributed by atoms with Gasteiger partial charge in [0, 0.05) is 35.4 Å². The van der Waals surface area contributed by atoms with E-state index in [9.17, 15) is 0 Å². The number of ether oxygens (including phenoxy) is 1. The molecule has 0 radical (unpaired) electrons. The number of hydrogen-bond donors (Lipinski definition) is 0. The average molecular weight is 367 g/mol. The Morgan fingerprint density at radius 3 is 2.82 bits per heavy atom. The molecule has 3 aromatic rings. The Bertz CT molecular complexity index is 1230. The van der Waals surface area contributed by atoms with E-state index in [1.54, 1.807) is 30.9 Å². The van der Waals surface area contributed by atoms with Crippen molar-refractivity contribution >= 4 is 35.3 Å². The summed E-state index contributed by atoms with van der Waals surface area (Å²) in [5, 5.41) is 2.49. The van der Waals surface area contributed by atoms with Gasteiger partial charge in [-0.1, -0.05) is 18.2 Å². The van der Waals surface area contributed by atoms with Crippen molar-refractivity contribution in [3.8, 4) is 5.75 Å². The summed E-state index contributed by atoms with van der Waals surface area (Å²) in [6.07, 6.45) is 13.8. The van der Waals surface area contributed by atoms with Crippen molar-refractivity contribution in [2.75, 3.05) is 6.61 Å². The van der Waals surface area contributed by atoms with Gasteiger partial charge in [-0.2, -0.15) is 0 Å². The standard InChI is InChI=1S/C22H17N5O/c1-2-7-20-17(6-1)15-24-12-5-11-23-10-3-4-13-28-18-8-9-21-19(14-18)22(27-20)26-16-25-21/h1-12,14-16H,13H2. The second-order valence-corrected chi connectivity index (χ2v) is 5.85. The Labute approximate surface area is 161 Å². The molecular formula is C22H17N5O. The van der Waals surface area contributed by atoms with Gasteiger partial charge in [0.25, 0.3) is 0 Å². The molecule has 28 heavy (non-hydrogen) atoms. The van der Waals surface area contributed by atoms with Crippen LogP contribution in [0.4, 0.5) is 5.82 Å². The van der Waals surface area contributed by atoms with Crippen molar-refractivity contribution in [1.29, 1.82) is 0 Å². The fourth-order valence-electron chi connectivity index (χ4n) is 2.63. The number of nitrogens with zero attached hydrogens (tertiary/aromatic N) is 5. The number of allylic oxidation sites excluding steroid dienone is 2. The quantitative estimate of drug-likeness (QED) is 0.613. The van der Waals surface area contributed by atoms with Crippen LogP contribution in [-0.2, 0) is 0 Å². The van der Waals surface area contributed by atoms with Gasteiger partial charge in [-0.05, 0) is 42.5 Å². The molecule has 1 aliphatic rings. The molecule has 0 saturated heterocycles. The lowest BCUT2D eigenvalue weighted by atomic mass is 10.2. The van der Waals surface area contributed by atoms with E-state index in [4.69, 9.17) is 9.73 Å². The van der Waals surface area contributed by atoms with E-state index in [-0.39, 0.29) is 0 Å². The number of para-hydroxylation sites is 1. The highest BCUT2D eigenvalue weighted by atomic mass is 16.5. The maximum absolute atomic E-state index is 5.79. The van der Waals surface area contributed by atoms with Gasteiger partial charge in [0.2, 0.25) is 0 Å². The molecule has 0 aliphatic carbocycles. The first-order valence-electron chi connectivity index (χ1n) is 8.78. The topological polar surface area (TPSA) is 72.1 Å². The maximum Gasteiger partial charge on any atom is 0.163 e. The van der Waals surface area contributed by atoms with E-state index in [1.807, 2.05) is 54.6 Å². The number of fused-ring (bicyclic) bond motifs is 2. The van der Waals surface area contributed by atoms with Crippen molar-refractivity contribution in [2.45, 2.75) is 0 Å². The van der Waals surface area contributed by atoms with E-state index in [0.717, 1.165) is 27.2 Å². The molecule has 2 heterocycles. The highest BCUT2D eigenvalue weighted by Crippen LogP contribution is 2.25. The second-order valence-electron chi connectivity index (χ2n) is 5.85.